The summed E-state index contributed by atoms with van der Waals surface area (Å²) in [7, 11) is 0. The number of benzene rings is 1. The van der Waals surface area contributed by atoms with Crippen LogP contribution >= 0.6 is 49.6 Å². The third-order valence-electron chi connectivity index (χ3n) is 6.58. The zero-order valence-corrected chi connectivity index (χ0v) is 23.2. The molecule has 2 atom stereocenters. The maximum absolute atomic E-state index is 10.8. The Kier molecular flexibility index (Phi) is 15.9. The Morgan fingerprint density at radius 1 is 1.09 bits per heavy atom. The van der Waals surface area contributed by atoms with Gasteiger partial charge in [0.25, 0.3) is 0 Å². The minimum absolute atomic E-state index is 0. The van der Waals surface area contributed by atoms with Gasteiger partial charge >= 0.3 is 5.97 Å². The standard InChI is InChI=1S/C25H34N4O2.4ClH/c1-2-20(12-18-6-4-3-5-7-18)23-13-24(23)28-22-10-8-21(9-11-22)26-14-19-15-27-29(16-19)17-25(30)31;;;;/h3-7,12,15-16,21-24,26,28H,2,8-11,13-14,17H2,1H3,(H,30,31);4*1H/b20-12+;;;;. The van der Waals surface area contributed by atoms with Crippen molar-refractivity contribution in [1.29, 1.82) is 0 Å². The van der Waals surface area contributed by atoms with Gasteiger partial charge in [0.2, 0.25) is 0 Å². The maximum atomic E-state index is 10.8. The number of carboxylic acids is 1. The van der Waals surface area contributed by atoms with Crippen LogP contribution in [0.4, 0.5) is 0 Å². The van der Waals surface area contributed by atoms with Crippen molar-refractivity contribution >= 4 is 61.7 Å². The van der Waals surface area contributed by atoms with E-state index in [9.17, 15) is 4.79 Å². The molecular weight excluding hydrogens is 530 g/mol. The van der Waals surface area contributed by atoms with Crippen molar-refractivity contribution in [3.63, 3.8) is 0 Å². The summed E-state index contributed by atoms with van der Waals surface area (Å²) in [6.45, 7) is 2.93. The number of aliphatic carboxylic acids is 1. The summed E-state index contributed by atoms with van der Waals surface area (Å²) in [6.07, 6.45) is 13.1. The zero-order valence-electron chi connectivity index (χ0n) is 20.0. The first-order chi connectivity index (χ1) is 15.1. The topological polar surface area (TPSA) is 79.2 Å². The lowest BCUT2D eigenvalue weighted by atomic mass is 9.91. The van der Waals surface area contributed by atoms with Gasteiger partial charge in [0.05, 0.1) is 6.20 Å². The Morgan fingerprint density at radius 2 is 1.74 bits per heavy atom. The molecule has 0 spiro atoms. The molecule has 3 N–H and O–H groups in total. The molecule has 2 aliphatic carbocycles. The van der Waals surface area contributed by atoms with Crippen LogP contribution in [-0.2, 0) is 17.9 Å². The van der Waals surface area contributed by atoms with E-state index in [1.807, 2.05) is 6.20 Å². The van der Waals surface area contributed by atoms with E-state index in [-0.39, 0.29) is 56.2 Å². The van der Waals surface area contributed by atoms with E-state index in [1.54, 1.807) is 11.8 Å². The average Bonchev–Trinajstić information content (AvgIpc) is 3.39. The Balaban J connectivity index is 0.00000289. The number of hydrogen-bond acceptors (Lipinski definition) is 4. The fourth-order valence-electron chi connectivity index (χ4n) is 4.78. The summed E-state index contributed by atoms with van der Waals surface area (Å²) in [5.74, 6) is -0.170. The molecular formula is C25H38Cl4N4O2. The van der Waals surface area contributed by atoms with E-state index in [2.05, 4.69) is 59.1 Å². The van der Waals surface area contributed by atoms with Crippen molar-refractivity contribution in [3.8, 4) is 0 Å². The smallest absolute Gasteiger partial charge is 0.325 e. The van der Waals surface area contributed by atoms with Crippen LogP contribution in [0, 0.1) is 5.92 Å². The van der Waals surface area contributed by atoms with Crippen LogP contribution < -0.4 is 10.6 Å². The van der Waals surface area contributed by atoms with Crippen LogP contribution in [0.3, 0.4) is 0 Å². The third kappa shape index (κ3) is 10.3. The van der Waals surface area contributed by atoms with Gasteiger partial charge in [-0.05, 0) is 50.0 Å². The summed E-state index contributed by atoms with van der Waals surface area (Å²) in [4.78, 5) is 10.8. The molecule has 2 aromatic rings. The van der Waals surface area contributed by atoms with Gasteiger partial charge in [-0.15, -0.1) is 49.6 Å². The quantitative estimate of drug-likeness (QED) is 0.352. The second-order valence-corrected chi connectivity index (χ2v) is 8.97. The largest absolute Gasteiger partial charge is 0.480 e. The lowest BCUT2D eigenvalue weighted by molar-refractivity contribution is -0.137. The fraction of sp³-hybridized carbons (Fsp3) is 0.520. The number of carbonyl (C=O) groups is 1. The summed E-state index contributed by atoms with van der Waals surface area (Å²) in [5.41, 5.74) is 3.92. The summed E-state index contributed by atoms with van der Waals surface area (Å²) in [6, 6.07) is 12.5. The van der Waals surface area contributed by atoms with Crippen LogP contribution in [0.5, 0.6) is 0 Å². The highest BCUT2D eigenvalue weighted by atomic mass is 35.5. The molecule has 0 bridgehead atoms. The number of nitrogens with one attached hydrogen (secondary N) is 2. The summed E-state index contributed by atoms with van der Waals surface area (Å²) in [5, 5.41) is 20.5. The van der Waals surface area contributed by atoms with E-state index in [4.69, 9.17) is 5.11 Å². The monoisotopic (exact) mass is 566 g/mol. The molecule has 1 aromatic carbocycles. The minimum atomic E-state index is -0.868. The fourth-order valence-corrected chi connectivity index (χ4v) is 4.78. The summed E-state index contributed by atoms with van der Waals surface area (Å²) >= 11 is 0. The van der Waals surface area contributed by atoms with E-state index in [1.165, 1.54) is 42.3 Å². The Hall–Kier alpha value is -1.28. The first-order valence-corrected chi connectivity index (χ1v) is 11.6. The van der Waals surface area contributed by atoms with Gasteiger partial charge in [-0.25, -0.2) is 0 Å². The molecule has 0 aliphatic heterocycles. The van der Waals surface area contributed by atoms with Gasteiger partial charge in [0.1, 0.15) is 6.54 Å². The van der Waals surface area contributed by atoms with Crippen molar-refractivity contribution < 1.29 is 9.90 Å². The molecule has 4 rings (SSSR count). The SMILES string of the molecule is CC/C(=C\c1ccccc1)C1CC1NC1CCC(NCc2cnn(CC(=O)O)c2)CC1.Cl.Cl.Cl.Cl. The van der Waals surface area contributed by atoms with Gasteiger partial charge in [0, 0.05) is 36.4 Å². The molecule has 6 nitrogen and oxygen atoms in total. The predicted octanol–water partition coefficient (Wildman–Crippen LogP) is 5.53. The molecule has 0 amide bonds. The third-order valence-corrected chi connectivity index (χ3v) is 6.58. The molecule has 35 heavy (non-hydrogen) atoms. The summed E-state index contributed by atoms with van der Waals surface area (Å²) < 4.78 is 1.48. The first kappa shape index (κ1) is 33.7. The first-order valence-electron chi connectivity index (χ1n) is 11.6. The molecule has 1 heterocycles. The molecule has 2 aliphatic rings. The average molecular weight is 568 g/mol. The highest BCUT2D eigenvalue weighted by Crippen LogP contribution is 2.40. The lowest BCUT2D eigenvalue weighted by Crippen LogP contribution is -2.40. The zero-order chi connectivity index (χ0) is 21.6. The van der Waals surface area contributed by atoms with E-state index < -0.39 is 5.97 Å². The van der Waals surface area contributed by atoms with Crippen LogP contribution in [-0.4, -0.2) is 39.0 Å². The molecule has 0 radical (unpaired) electrons. The molecule has 1 aromatic heterocycles. The molecule has 10 heteroatoms. The Labute approximate surface area is 233 Å². The molecule has 2 fully saturated rings. The highest BCUT2D eigenvalue weighted by Gasteiger charge is 2.40. The molecule has 2 unspecified atom stereocenters. The van der Waals surface area contributed by atoms with Gasteiger partial charge in [-0.2, -0.15) is 5.10 Å². The van der Waals surface area contributed by atoms with Crippen LogP contribution in [0.25, 0.3) is 6.08 Å². The maximum Gasteiger partial charge on any atom is 0.325 e. The number of rotatable bonds is 10. The number of carboxylic acid groups (broad SMARTS) is 1. The Bertz CT molecular complexity index is 902. The van der Waals surface area contributed by atoms with E-state index >= 15 is 0 Å². The highest BCUT2D eigenvalue weighted by molar-refractivity contribution is 5.86. The van der Waals surface area contributed by atoms with Crippen molar-refractivity contribution in [2.45, 2.75) is 76.7 Å². The second-order valence-electron chi connectivity index (χ2n) is 8.97. The van der Waals surface area contributed by atoms with Crippen LogP contribution in [0.1, 0.15) is 56.6 Å². The number of nitrogens with zero attached hydrogens (tertiary/aromatic N) is 2. The molecule has 198 valence electrons. The van der Waals surface area contributed by atoms with Crippen LogP contribution in [0.2, 0.25) is 0 Å². The number of hydrogen-bond donors (Lipinski definition) is 3. The van der Waals surface area contributed by atoms with E-state index in [0.29, 0.717) is 24.0 Å². The van der Waals surface area contributed by atoms with Gasteiger partial charge in [-0.1, -0.05) is 48.9 Å². The van der Waals surface area contributed by atoms with Gasteiger partial charge < -0.3 is 15.7 Å². The Morgan fingerprint density at radius 3 is 2.37 bits per heavy atom. The second kappa shape index (κ2) is 16.5. The normalized spacial score (nSPS) is 23.1. The number of aromatic nitrogens is 2. The van der Waals surface area contributed by atoms with Crippen molar-refractivity contribution in [1.82, 2.24) is 20.4 Å². The van der Waals surface area contributed by atoms with Crippen molar-refractivity contribution in [2.75, 3.05) is 0 Å². The number of halogens is 4. The van der Waals surface area contributed by atoms with Gasteiger partial charge in [0.15, 0.2) is 0 Å². The molecule has 0 saturated heterocycles. The van der Waals surface area contributed by atoms with Crippen LogP contribution in [0.15, 0.2) is 48.3 Å². The minimum Gasteiger partial charge on any atom is -0.480 e. The van der Waals surface area contributed by atoms with Crippen molar-refractivity contribution in [2.24, 2.45) is 5.92 Å². The predicted molar refractivity (Wildman–Crippen MR) is 151 cm³/mol. The lowest BCUT2D eigenvalue weighted by Gasteiger charge is -2.30. The van der Waals surface area contributed by atoms with Crippen molar-refractivity contribution in [3.05, 3.63) is 59.4 Å². The van der Waals surface area contributed by atoms with E-state index in [0.717, 1.165) is 18.5 Å². The molecule has 2 saturated carbocycles. The van der Waals surface area contributed by atoms with Gasteiger partial charge in [-0.3, -0.25) is 9.48 Å².